The first kappa shape index (κ1) is 28.7. The van der Waals surface area contributed by atoms with Crippen LogP contribution in [0, 0.1) is 0 Å². The van der Waals surface area contributed by atoms with Gasteiger partial charge in [0.25, 0.3) is 0 Å². The van der Waals surface area contributed by atoms with E-state index in [2.05, 4.69) is 0 Å². The molecule has 34 heavy (non-hydrogen) atoms. The molecule has 0 amide bonds. The van der Waals surface area contributed by atoms with Crippen molar-refractivity contribution in [2.45, 2.75) is 71.4 Å². The summed E-state index contributed by atoms with van der Waals surface area (Å²) < 4.78 is 24.9. The maximum Gasteiger partial charge on any atom is 0.513 e. The number of aliphatic carboxylic acids is 1. The fourth-order valence-corrected chi connectivity index (χ4v) is 3.06. The van der Waals surface area contributed by atoms with Crippen LogP contribution < -0.4 is 15.2 Å². The number of carbonyl (C=O) groups is 4. The van der Waals surface area contributed by atoms with Gasteiger partial charge in [0.05, 0.1) is 13.2 Å². The number of hydrogen-bond donors (Lipinski definition) is 2. The van der Waals surface area contributed by atoms with Crippen LogP contribution in [0.25, 0.3) is 0 Å². The monoisotopic (exact) mass is 483 g/mol. The van der Waals surface area contributed by atoms with Crippen LogP contribution in [0.2, 0.25) is 0 Å². The molecule has 0 saturated carbocycles. The lowest BCUT2D eigenvalue weighted by molar-refractivity contribution is -0.153. The highest BCUT2D eigenvalue weighted by atomic mass is 16.7. The van der Waals surface area contributed by atoms with Gasteiger partial charge in [-0.25, -0.2) is 9.59 Å². The second kappa shape index (κ2) is 14.0. The van der Waals surface area contributed by atoms with Crippen molar-refractivity contribution in [2.75, 3.05) is 13.2 Å². The van der Waals surface area contributed by atoms with Gasteiger partial charge in [-0.2, -0.15) is 0 Å². The Hall–Kier alpha value is -3.34. The SMILES string of the molecule is CCCCC(=O)O[C@@H](C)CC(N)(Cc1ccc(OC(=O)OCC)c(OC(=O)OCC)c1)C(=O)O. The first-order chi connectivity index (χ1) is 16.0. The minimum atomic E-state index is -1.80. The highest BCUT2D eigenvalue weighted by Gasteiger charge is 2.37. The number of ether oxygens (including phenoxy) is 5. The fourth-order valence-electron chi connectivity index (χ4n) is 3.06. The molecule has 0 fully saturated rings. The molecule has 0 aliphatic rings. The standard InChI is InChI=1S/C23H33NO10/c1-5-8-9-19(25)32-15(4)13-23(24,20(26)27)14-16-10-11-17(33-21(28)30-6-2)18(12-16)34-22(29)31-7-3/h10-12,15H,5-9,13-14,24H2,1-4H3,(H,26,27)/t15-,23?/m0/s1. The van der Waals surface area contributed by atoms with Crippen molar-refractivity contribution in [3.63, 3.8) is 0 Å². The van der Waals surface area contributed by atoms with Crippen molar-refractivity contribution >= 4 is 24.2 Å². The third-order valence-electron chi connectivity index (χ3n) is 4.58. The second-order valence-corrected chi connectivity index (χ2v) is 7.60. The normalized spacial score (nSPS) is 13.2. The van der Waals surface area contributed by atoms with Gasteiger partial charge in [-0.15, -0.1) is 0 Å². The Morgan fingerprint density at radius 3 is 2.12 bits per heavy atom. The van der Waals surface area contributed by atoms with E-state index in [-0.39, 0.29) is 44.0 Å². The van der Waals surface area contributed by atoms with E-state index in [1.807, 2.05) is 6.92 Å². The smallest absolute Gasteiger partial charge is 0.480 e. The largest absolute Gasteiger partial charge is 0.513 e. The fraction of sp³-hybridized carbons (Fsp3) is 0.565. The highest BCUT2D eigenvalue weighted by molar-refractivity contribution is 5.79. The van der Waals surface area contributed by atoms with Crippen molar-refractivity contribution in [3.05, 3.63) is 23.8 Å². The molecule has 0 heterocycles. The minimum Gasteiger partial charge on any atom is -0.480 e. The Morgan fingerprint density at radius 2 is 1.59 bits per heavy atom. The van der Waals surface area contributed by atoms with E-state index in [1.54, 1.807) is 20.8 Å². The molecule has 1 aromatic carbocycles. The maximum absolute atomic E-state index is 12.0. The molecule has 1 rings (SSSR count). The van der Waals surface area contributed by atoms with Gasteiger partial charge in [0, 0.05) is 19.3 Å². The molecular formula is C23H33NO10. The van der Waals surface area contributed by atoms with E-state index in [0.717, 1.165) is 6.42 Å². The molecule has 11 nitrogen and oxygen atoms in total. The van der Waals surface area contributed by atoms with Gasteiger partial charge < -0.3 is 34.5 Å². The number of esters is 1. The molecule has 11 heteroatoms. The molecule has 0 bridgehead atoms. The van der Waals surface area contributed by atoms with Crippen LogP contribution in [-0.2, 0) is 30.2 Å². The number of carboxylic acid groups (broad SMARTS) is 1. The van der Waals surface area contributed by atoms with Gasteiger partial charge >= 0.3 is 24.2 Å². The topological polar surface area (TPSA) is 161 Å². The van der Waals surface area contributed by atoms with E-state index in [4.69, 9.17) is 29.4 Å². The zero-order chi connectivity index (χ0) is 25.7. The number of unbranched alkanes of at least 4 members (excludes halogenated alkanes) is 1. The number of rotatable bonds is 13. The van der Waals surface area contributed by atoms with E-state index < -0.39 is 35.9 Å². The van der Waals surface area contributed by atoms with Crippen molar-refractivity contribution in [1.82, 2.24) is 0 Å². The van der Waals surface area contributed by atoms with Gasteiger partial charge in [0.2, 0.25) is 0 Å². The molecule has 0 radical (unpaired) electrons. The van der Waals surface area contributed by atoms with Crippen LogP contribution in [0.5, 0.6) is 11.5 Å². The quantitative estimate of drug-likeness (QED) is 0.239. The van der Waals surface area contributed by atoms with Crippen LogP contribution in [0.3, 0.4) is 0 Å². The summed E-state index contributed by atoms with van der Waals surface area (Å²) in [6.45, 7) is 6.80. The van der Waals surface area contributed by atoms with Crippen LogP contribution in [-0.4, -0.2) is 54.2 Å². The summed E-state index contributed by atoms with van der Waals surface area (Å²) in [6.07, 6.45) is -1.42. The van der Waals surface area contributed by atoms with Gasteiger partial charge in [0.15, 0.2) is 11.5 Å². The third kappa shape index (κ3) is 9.65. The lowest BCUT2D eigenvalue weighted by Crippen LogP contribution is -2.52. The van der Waals surface area contributed by atoms with Crippen molar-refractivity contribution in [2.24, 2.45) is 5.73 Å². The van der Waals surface area contributed by atoms with E-state index in [9.17, 15) is 24.3 Å². The van der Waals surface area contributed by atoms with Crippen LogP contribution in [0.15, 0.2) is 18.2 Å². The number of nitrogens with two attached hydrogens (primary N) is 1. The summed E-state index contributed by atoms with van der Waals surface area (Å²) >= 11 is 0. The zero-order valence-electron chi connectivity index (χ0n) is 20.0. The minimum absolute atomic E-state index is 0.0480. The molecular weight excluding hydrogens is 450 g/mol. The Kier molecular flexibility index (Phi) is 11.8. The van der Waals surface area contributed by atoms with Gasteiger partial charge in [-0.1, -0.05) is 19.4 Å². The molecule has 1 unspecified atom stereocenters. The Labute approximate surface area is 198 Å². The molecule has 190 valence electrons. The molecule has 0 aliphatic carbocycles. The Balaban J connectivity index is 3.10. The Morgan fingerprint density at radius 1 is 1.00 bits per heavy atom. The molecule has 0 spiro atoms. The Bertz CT molecular complexity index is 856. The molecule has 3 N–H and O–H groups in total. The van der Waals surface area contributed by atoms with Gasteiger partial charge in [-0.3, -0.25) is 9.59 Å². The van der Waals surface area contributed by atoms with E-state index in [0.29, 0.717) is 12.0 Å². The second-order valence-electron chi connectivity index (χ2n) is 7.60. The van der Waals surface area contributed by atoms with Crippen molar-refractivity contribution in [3.8, 4) is 11.5 Å². The lowest BCUT2D eigenvalue weighted by atomic mass is 9.86. The number of benzene rings is 1. The molecule has 0 saturated heterocycles. The third-order valence-corrected chi connectivity index (χ3v) is 4.58. The summed E-state index contributed by atoms with van der Waals surface area (Å²) in [5, 5.41) is 9.78. The number of carboxylic acids is 1. The first-order valence-electron chi connectivity index (χ1n) is 11.1. The van der Waals surface area contributed by atoms with Crippen LogP contribution >= 0.6 is 0 Å². The summed E-state index contributed by atoms with van der Waals surface area (Å²) in [5.41, 5.74) is 4.75. The molecule has 0 aromatic heterocycles. The average Bonchev–Trinajstić information content (AvgIpc) is 2.74. The zero-order valence-corrected chi connectivity index (χ0v) is 20.0. The average molecular weight is 484 g/mol. The predicted molar refractivity (Wildman–Crippen MR) is 120 cm³/mol. The van der Waals surface area contributed by atoms with Gasteiger partial charge in [0.1, 0.15) is 11.6 Å². The van der Waals surface area contributed by atoms with Gasteiger partial charge in [-0.05, 0) is 44.9 Å². The molecule has 2 atom stereocenters. The number of carbonyl (C=O) groups excluding carboxylic acids is 3. The maximum atomic E-state index is 12.0. The van der Waals surface area contributed by atoms with Crippen molar-refractivity contribution < 1.29 is 48.0 Å². The van der Waals surface area contributed by atoms with Crippen molar-refractivity contribution in [1.29, 1.82) is 0 Å². The van der Waals surface area contributed by atoms with E-state index >= 15 is 0 Å². The van der Waals surface area contributed by atoms with Crippen LogP contribution in [0.4, 0.5) is 9.59 Å². The highest BCUT2D eigenvalue weighted by Crippen LogP contribution is 2.31. The first-order valence-corrected chi connectivity index (χ1v) is 11.1. The lowest BCUT2D eigenvalue weighted by Gasteiger charge is -2.28. The number of hydrogen-bond acceptors (Lipinski definition) is 10. The summed E-state index contributed by atoms with van der Waals surface area (Å²) in [5.74, 6) is -2.04. The summed E-state index contributed by atoms with van der Waals surface area (Å²) in [4.78, 5) is 47.4. The van der Waals surface area contributed by atoms with Crippen LogP contribution in [0.1, 0.15) is 58.9 Å². The molecule has 0 aliphatic heterocycles. The molecule has 1 aromatic rings. The summed E-state index contributed by atoms with van der Waals surface area (Å²) in [6, 6.07) is 4.10. The summed E-state index contributed by atoms with van der Waals surface area (Å²) in [7, 11) is 0. The van der Waals surface area contributed by atoms with E-state index in [1.165, 1.54) is 18.2 Å². The predicted octanol–water partition coefficient (Wildman–Crippen LogP) is 3.59.